The minimum atomic E-state index is -3.61. The van der Waals surface area contributed by atoms with Gasteiger partial charge in [0.2, 0.25) is 10.0 Å². The van der Waals surface area contributed by atoms with Crippen molar-refractivity contribution >= 4 is 27.3 Å². The molecule has 0 unspecified atom stereocenters. The lowest BCUT2D eigenvalue weighted by Gasteiger charge is -2.19. The van der Waals surface area contributed by atoms with E-state index in [2.05, 4.69) is 4.72 Å². The van der Waals surface area contributed by atoms with Crippen LogP contribution in [-0.4, -0.2) is 15.0 Å². The number of benzene rings is 1. The van der Waals surface area contributed by atoms with Crippen molar-refractivity contribution in [1.82, 2.24) is 4.72 Å². The second kappa shape index (κ2) is 4.84. The van der Waals surface area contributed by atoms with E-state index in [-0.39, 0.29) is 16.0 Å². The lowest BCUT2D eigenvalue weighted by atomic mass is 9.98. The Morgan fingerprint density at radius 3 is 2.47 bits per heavy atom. The molecule has 4 nitrogen and oxygen atoms in total. The van der Waals surface area contributed by atoms with Gasteiger partial charge in [0.15, 0.2) is 0 Å². The molecule has 0 saturated heterocycles. The highest BCUT2D eigenvalue weighted by molar-refractivity contribution is 7.89. The van der Waals surface area contributed by atoms with Crippen LogP contribution in [0.3, 0.4) is 0 Å². The van der Waals surface area contributed by atoms with Crippen molar-refractivity contribution in [2.24, 2.45) is 5.41 Å². The van der Waals surface area contributed by atoms with Crippen LogP contribution in [0.1, 0.15) is 20.8 Å². The lowest BCUT2D eigenvalue weighted by molar-refractivity contribution is 0.407. The summed E-state index contributed by atoms with van der Waals surface area (Å²) in [5, 5.41) is 0.343. The number of nitrogens with one attached hydrogen (secondary N) is 1. The summed E-state index contributed by atoms with van der Waals surface area (Å²) < 4.78 is 26.5. The monoisotopic (exact) mass is 276 g/mol. The number of halogens is 1. The summed E-state index contributed by atoms with van der Waals surface area (Å²) in [6.07, 6.45) is 0. The highest BCUT2D eigenvalue weighted by Crippen LogP contribution is 2.23. The zero-order valence-corrected chi connectivity index (χ0v) is 11.7. The third-order valence-corrected chi connectivity index (χ3v) is 3.75. The molecule has 0 aliphatic rings. The van der Waals surface area contributed by atoms with E-state index in [9.17, 15) is 8.42 Å². The Morgan fingerprint density at radius 2 is 1.94 bits per heavy atom. The molecule has 0 spiro atoms. The van der Waals surface area contributed by atoms with Gasteiger partial charge in [-0.3, -0.25) is 0 Å². The van der Waals surface area contributed by atoms with E-state index in [4.69, 9.17) is 17.3 Å². The number of hydrogen-bond acceptors (Lipinski definition) is 3. The second-order valence-electron chi connectivity index (χ2n) is 5.07. The molecule has 0 saturated carbocycles. The molecular weight excluding hydrogens is 260 g/mol. The fraction of sp³-hybridized carbons (Fsp3) is 0.455. The van der Waals surface area contributed by atoms with E-state index in [1.165, 1.54) is 12.1 Å². The Balaban J connectivity index is 3.02. The molecule has 1 aromatic carbocycles. The smallest absolute Gasteiger partial charge is 0.242 e. The quantitative estimate of drug-likeness (QED) is 0.832. The van der Waals surface area contributed by atoms with E-state index < -0.39 is 10.0 Å². The molecule has 17 heavy (non-hydrogen) atoms. The average Bonchev–Trinajstić information content (AvgIpc) is 2.18. The number of nitrogens with two attached hydrogens (primary N) is 1. The molecular formula is C11H17ClN2O2S. The first-order valence-corrected chi connectivity index (χ1v) is 7.03. The largest absolute Gasteiger partial charge is 0.398 e. The molecule has 6 heteroatoms. The molecule has 0 amide bonds. The van der Waals surface area contributed by atoms with E-state index in [0.29, 0.717) is 11.6 Å². The Bertz CT molecular complexity index is 507. The van der Waals surface area contributed by atoms with E-state index in [1.54, 1.807) is 6.07 Å². The van der Waals surface area contributed by atoms with Crippen molar-refractivity contribution in [3.63, 3.8) is 0 Å². The fourth-order valence-electron chi connectivity index (χ4n) is 1.13. The van der Waals surface area contributed by atoms with Crippen LogP contribution in [0, 0.1) is 5.41 Å². The van der Waals surface area contributed by atoms with Crippen LogP contribution in [-0.2, 0) is 10.0 Å². The molecule has 1 rings (SSSR count). The first kappa shape index (κ1) is 14.3. The number of anilines is 1. The van der Waals surface area contributed by atoms with E-state index in [0.717, 1.165) is 0 Å². The summed E-state index contributed by atoms with van der Waals surface area (Å²) in [6, 6.07) is 4.38. The van der Waals surface area contributed by atoms with Gasteiger partial charge in [-0.25, -0.2) is 13.1 Å². The van der Waals surface area contributed by atoms with E-state index >= 15 is 0 Å². The van der Waals surface area contributed by atoms with Crippen LogP contribution < -0.4 is 10.5 Å². The zero-order chi connectivity index (χ0) is 13.3. The van der Waals surface area contributed by atoms with E-state index in [1.807, 2.05) is 20.8 Å². The summed E-state index contributed by atoms with van der Waals surface area (Å²) >= 11 is 5.77. The van der Waals surface area contributed by atoms with Gasteiger partial charge in [0.25, 0.3) is 0 Å². The van der Waals surface area contributed by atoms with Crippen molar-refractivity contribution in [2.75, 3.05) is 12.3 Å². The molecule has 3 N–H and O–H groups in total. The Morgan fingerprint density at radius 1 is 1.35 bits per heavy atom. The van der Waals surface area contributed by atoms with Gasteiger partial charge in [0.1, 0.15) is 4.90 Å². The minimum Gasteiger partial charge on any atom is -0.398 e. The van der Waals surface area contributed by atoms with Gasteiger partial charge in [-0.05, 0) is 23.6 Å². The molecule has 0 atom stereocenters. The Labute approximate surface area is 107 Å². The average molecular weight is 277 g/mol. The maximum absolute atomic E-state index is 12.0. The summed E-state index contributed by atoms with van der Waals surface area (Å²) in [5.74, 6) is 0. The number of sulfonamides is 1. The second-order valence-corrected chi connectivity index (χ2v) is 7.24. The molecule has 1 aromatic rings. The summed E-state index contributed by atoms with van der Waals surface area (Å²) in [6.45, 7) is 6.16. The van der Waals surface area contributed by atoms with Crippen LogP contribution in [0.2, 0.25) is 5.02 Å². The standard InChI is InChI=1S/C11H17ClN2O2S/c1-11(2,3)7-14-17(15,16)10-6-8(12)4-5-9(10)13/h4-6,14H,7,13H2,1-3H3. The van der Waals surface area contributed by atoms with Gasteiger partial charge in [-0.1, -0.05) is 32.4 Å². The highest BCUT2D eigenvalue weighted by atomic mass is 35.5. The normalized spacial score (nSPS) is 12.7. The van der Waals surface area contributed by atoms with Gasteiger partial charge in [-0.15, -0.1) is 0 Å². The van der Waals surface area contributed by atoms with Crippen LogP contribution in [0.5, 0.6) is 0 Å². The van der Waals surface area contributed by atoms with Crippen molar-refractivity contribution in [3.8, 4) is 0 Å². The predicted molar refractivity (Wildman–Crippen MR) is 70.5 cm³/mol. The first-order chi connectivity index (χ1) is 7.62. The molecule has 96 valence electrons. The predicted octanol–water partition coefficient (Wildman–Crippen LogP) is 2.25. The molecule has 0 aromatic heterocycles. The minimum absolute atomic E-state index is 0.0225. The van der Waals surface area contributed by atoms with Crippen LogP contribution in [0.15, 0.2) is 23.1 Å². The Hall–Kier alpha value is -0.780. The maximum Gasteiger partial charge on any atom is 0.242 e. The number of rotatable bonds is 3. The van der Waals surface area contributed by atoms with Crippen LogP contribution in [0.25, 0.3) is 0 Å². The highest BCUT2D eigenvalue weighted by Gasteiger charge is 2.20. The molecule has 0 bridgehead atoms. The summed E-state index contributed by atoms with van der Waals surface area (Å²) in [4.78, 5) is 0.0225. The van der Waals surface area contributed by atoms with Gasteiger partial charge in [0, 0.05) is 11.6 Å². The molecule has 0 heterocycles. The summed E-state index contributed by atoms with van der Waals surface area (Å²) in [7, 11) is -3.61. The van der Waals surface area contributed by atoms with Gasteiger partial charge in [0.05, 0.1) is 5.69 Å². The van der Waals surface area contributed by atoms with Crippen LogP contribution in [0.4, 0.5) is 5.69 Å². The number of hydrogen-bond donors (Lipinski definition) is 2. The van der Waals surface area contributed by atoms with Gasteiger partial charge in [-0.2, -0.15) is 0 Å². The molecule has 0 fully saturated rings. The topological polar surface area (TPSA) is 72.2 Å². The Kier molecular flexibility index (Phi) is 4.06. The van der Waals surface area contributed by atoms with Crippen LogP contribution >= 0.6 is 11.6 Å². The lowest BCUT2D eigenvalue weighted by Crippen LogP contribution is -2.32. The van der Waals surface area contributed by atoms with Crippen molar-refractivity contribution in [2.45, 2.75) is 25.7 Å². The van der Waals surface area contributed by atoms with Crippen molar-refractivity contribution < 1.29 is 8.42 Å². The fourth-order valence-corrected chi connectivity index (χ4v) is 2.81. The maximum atomic E-state index is 12.0. The van der Waals surface area contributed by atoms with Gasteiger partial charge >= 0.3 is 0 Å². The zero-order valence-electron chi connectivity index (χ0n) is 10.1. The molecule has 0 aliphatic heterocycles. The summed E-state index contributed by atoms with van der Waals surface area (Å²) in [5.41, 5.74) is 5.69. The van der Waals surface area contributed by atoms with Crippen molar-refractivity contribution in [3.05, 3.63) is 23.2 Å². The number of nitrogen functional groups attached to an aromatic ring is 1. The SMILES string of the molecule is CC(C)(C)CNS(=O)(=O)c1cc(Cl)ccc1N. The molecule has 0 radical (unpaired) electrons. The first-order valence-electron chi connectivity index (χ1n) is 5.16. The third kappa shape index (κ3) is 4.18. The van der Waals surface area contributed by atoms with Crippen molar-refractivity contribution in [1.29, 1.82) is 0 Å². The third-order valence-electron chi connectivity index (χ3n) is 2.06. The molecule has 0 aliphatic carbocycles. The van der Waals surface area contributed by atoms with Gasteiger partial charge < -0.3 is 5.73 Å².